The van der Waals surface area contributed by atoms with Gasteiger partial charge in [-0.05, 0) is 35.1 Å². The van der Waals surface area contributed by atoms with E-state index in [4.69, 9.17) is 4.74 Å². The zero-order chi connectivity index (χ0) is 16.1. The highest BCUT2D eigenvalue weighted by molar-refractivity contribution is 5.86. The molecule has 0 atom stereocenters. The van der Waals surface area contributed by atoms with Gasteiger partial charge in [-0.15, -0.1) is 0 Å². The van der Waals surface area contributed by atoms with Gasteiger partial charge in [-0.1, -0.05) is 42.5 Å². The highest BCUT2D eigenvalue weighted by Crippen LogP contribution is 2.19. The Morgan fingerprint density at radius 3 is 2.70 bits per heavy atom. The Morgan fingerprint density at radius 2 is 1.91 bits per heavy atom. The molecule has 0 aromatic heterocycles. The molecule has 2 aromatic carbocycles. The molecule has 1 fully saturated rings. The number of benzene rings is 2. The third-order valence-corrected chi connectivity index (χ3v) is 4.61. The van der Waals surface area contributed by atoms with Gasteiger partial charge in [-0.2, -0.15) is 0 Å². The van der Waals surface area contributed by atoms with Crippen molar-refractivity contribution in [3.8, 4) is 0 Å². The maximum Gasteiger partial charge on any atom is 0.317 e. The van der Waals surface area contributed by atoms with Gasteiger partial charge >= 0.3 is 6.03 Å². The molecule has 2 aromatic rings. The lowest BCUT2D eigenvalue weighted by atomic mass is 9.98. The van der Waals surface area contributed by atoms with E-state index in [1.165, 1.54) is 10.8 Å². The summed E-state index contributed by atoms with van der Waals surface area (Å²) in [4.78, 5) is 14.3. The fourth-order valence-electron chi connectivity index (χ4n) is 3.27. The van der Waals surface area contributed by atoms with Crippen LogP contribution in [0.1, 0.15) is 18.4 Å². The molecule has 0 spiro atoms. The van der Waals surface area contributed by atoms with E-state index in [1.807, 2.05) is 23.1 Å². The molecule has 1 aliphatic heterocycles. The predicted molar refractivity (Wildman–Crippen MR) is 92.4 cm³/mol. The van der Waals surface area contributed by atoms with Crippen LogP contribution in [0.25, 0.3) is 10.8 Å². The topological polar surface area (TPSA) is 41.6 Å². The molecule has 0 aliphatic carbocycles. The first-order valence-electron chi connectivity index (χ1n) is 8.26. The molecule has 4 nitrogen and oxygen atoms in total. The fraction of sp³-hybridized carbons (Fsp3) is 0.421. The van der Waals surface area contributed by atoms with Crippen molar-refractivity contribution in [2.75, 3.05) is 26.8 Å². The van der Waals surface area contributed by atoms with Crippen LogP contribution in [0.15, 0.2) is 42.5 Å². The molecule has 4 heteroatoms. The van der Waals surface area contributed by atoms with Crippen LogP contribution < -0.4 is 5.32 Å². The van der Waals surface area contributed by atoms with Gasteiger partial charge in [0.15, 0.2) is 0 Å². The van der Waals surface area contributed by atoms with Gasteiger partial charge in [0.1, 0.15) is 0 Å². The molecule has 23 heavy (non-hydrogen) atoms. The minimum atomic E-state index is 0.0359. The smallest absolute Gasteiger partial charge is 0.317 e. The van der Waals surface area contributed by atoms with Crippen molar-refractivity contribution < 1.29 is 9.53 Å². The van der Waals surface area contributed by atoms with Crippen molar-refractivity contribution in [1.29, 1.82) is 0 Å². The number of methoxy groups -OCH3 is 1. The van der Waals surface area contributed by atoms with E-state index >= 15 is 0 Å². The third-order valence-electron chi connectivity index (χ3n) is 4.61. The molecular weight excluding hydrogens is 288 g/mol. The Hall–Kier alpha value is -2.07. The maximum absolute atomic E-state index is 12.4. The average Bonchev–Trinajstić information content (AvgIpc) is 2.60. The summed E-state index contributed by atoms with van der Waals surface area (Å²) in [5, 5.41) is 5.47. The number of piperidine rings is 1. The monoisotopic (exact) mass is 312 g/mol. The lowest BCUT2D eigenvalue weighted by molar-refractivity contribution is 0.107. The van der Waals surface area contributed by atoms with Gasteiger partial charge in [0.2, 0.25) is 0 Å². The van der Waals surface area contributed by atoms with Crippen molar-refractivity contribution in [2.24, 2.45) is 5.92 Å². The van der Waals surface area contributed by atoms with E-state index < -0.39 is 0 Å². The molecule has 1 N–H and O–H groups in total. The highest BCUT2D eigenvalue weighted by Gasteiger charge is 2.22. The number of fused-ring (bicyclic) bond motifs is 1. The number of carbonyl (C=O) groups is 1. The number of urea groups is 1. The van der Waals surface area contributed by atoms with Crippen LogP contribution in [0.5, 0.6) is 0 Å². The van der Waals surface area contributed by atoms with Crippen molar-refractivity contribution in [2.45, 2.75) is 19.4 Å². The molecule has 0 bridgehead atoms. The number of amides is 2. The van der Waals surface area contributed by atoms with Crippen molar-refractivity contribution in [3.05, 3.63) is 48.0 Å². The van der Waals surface area contributed by atoms with Gasteiger partial charge < -0.3 is 15.0 Å². The summed E-state index contributed by atoms with van der Waals surface area (Å²) in [6.07, 6.45) is 2.05. The van der Waals surface area contributed by atoms with Gasteiger partial charge in [-0.25, -0.2) is 4.79 Å². The zero-order valence-corrected chi connectivity index (χ0v) is 13.6. The van der Waals surface area contributed by atoms with E-state index in [9.17, 15) is 4.79 Å². The Bertz CT molecular complexity index is 658. The number of nitrogens with one attached hydrogen (secondary N) is 1. The lowest BCUT2D eigenvalue weighted by Gasteiger charge is -2.31. The van der Waals surface area contributed by atoms with E-state index in [0.717, 1.165) is 38.1 Å². The minimum Gasteiger partial charge on any atom is -0.384 e. The Balaban J connectivity index is 1.57. The van der Waals surface area contributed by atoms with Gasteiger partial charge in [-0.3, -0.25) is 0 Å². The van der Waals surface area contributed by atoms with Crippen molar-refractivity contribution in [1.82, 2.24) is 10.2 Å². The van der Waals surface area contributed by atoms with Crippen molar-refractivity contribution in [3.63, 3.8) is 0 Å². The number of ether oxygens (including phenoxy) is 1. The van der Waals surface area contributed by atoms with E-state index in [2.05, 4.69) is 29.6 Å². The van der Waals surface area contributed by atoms with Crippen LogP contribution in [0.2, 0.25) is 0 Å². The Labute approximate surface area is 137 Å². The normalized spacial score (nSPS) is 15.8. The molecule has 0 radical (unpaired) electrons. The average molecular weight is 312 g/mol. The summed E-state index contributed by atoms with van der Waals surface area (Å²) in [6, 6.07) is 14.5. The number of hydrogen-bond acceptors (Lipinski definition) is 2. The van der Waals surface area contributed by atoms with Crippen molar-refractivity contribution >= 4 is 16.8 Å². The largest absolute Gasteiger partial charge is 0.384 e. The second-order valence-corrected chi connectivity index (χ2v) is 6.18. The molecule has 0 saturated carbocycles. The Kier molecular flexibility index (Phi) is 5.13. The number of hydrogen-bond donors (Lipinski definition) is 1. The van der Waals surface area contributed by atoms with Gasteiger partial charge in [0, 0.05) is 33.4 Å². The van der Waals surface area contributed by atoms with Crippen LogP contribution in [0, 0.1) is 5.92 Å². The summed E-state index contributed by atoms with van der Waals surface area (Å²) >= 11 is 0. The van der Waals surface area contributed by atoms with Crippen LogP contribution in [-0.2, 0) is 11.3 Å². The molecule has 3 rings (SSSR count). The van der Waals surface area contributed by atoms with E-state index in [0.29, 0.717) is 12.5 Å². The molecule has 1 aliphatic rings. The molecule has 122 valence electrons. The molecule has 1 heterocycles. The first-order valence-corrected chi connectivity index (χ1v) is 8.26. The summed E-state index contributed by atoms with van der Waals surface area (Å²) in [5.41, 5.74) is 1.16. The molecular formula is C19H24N2O2. The van der Waals surface area contributed by atoms with Crippen LogP contribution >= 0.6 is 0 Å². The zero-order valence-electron chi connectivity index (χ0n) is 13.6. The summed E-state index contributed by atoms with van der Waals surface area (Å²) in [5.74, 6) is 0.585. The molecule has 2 amide bonds. The highest BCUT2D eigenvalue weighted by atomic mass is 16.5. The molecule has 1 saturated heterocycles. The number of rotatable bonds is 4. The van der Waals surface area contributed by atoms with Crippen LogP contribution in [0.4, 0.5) is 4.79 Å². The standard InChI is InChI=1S/C19H24N2O2/c1-23-14-15-9-11-21(12-10-15)19(22)20-13-17-7-4-6-16-5-2-3-8-18(16)17/h2-8,15H,9-14H2,1H3,(H,20,22). The quantitative estimate of drug-likeness (QED) is 0.940. The third kappa shape index (κ3) is 3.82. The Morgan fingerprint density at radius 1 is 1.17 bits per heavy atom. The second kappa shape index (κ2) is 7.47. The van der Waals surface area contributed by atoms with Gasteiger partial charge in [0.05, 0.1) is 0 Å². The van der Waals surface area contributed by atoms with E-state index in [1.54, 1.807) is 7.11 Å². The SMILES string of the molecule is COCC1CCN(C(=O)NCc2cccc3ccccc23)CC1. The van der Waals surface area contributed by atoms with Crippen LogP contribution in [0.3, 0.4) is 0 Å². The number of likely N-dealkylation sites (tertiary alicyclic amines) is 1. The number of carbonyl (C=O) groups excluding carboxylic acids is 1. The first-order chi connectivity index (χ1) is 11.3. The van der Waals surface area contributed by atoms with Crippen LogP contribution in [-0.4, -0.2) is 37.7 Å². The molecule has 0 unspecified atom stereocenters. The van der Waals surface area contributed by atoms with Gasteiger partial charge in [0.25, 0.3) is 0 Å². The van der Waals surface area contributed by atoms with E-state index in [-0.39, 0.29) is 6.03 Å². The predicted octanol–water partition coefficient (Wildman–Crippen LogP) is 3.41. The lowest BCUT2D eigenvalue weighted by Crippen LogP contribution is -2.44. The fourth-order valence-corrected chi connectivity index (χ4v) is 3.27. The maximum atomic E-state index is 12.4. The summed E-state index contributed by atoms with van der Waals surface area (Å²) in [6.45, 7) is 2.99. The first kappa shape index (κ1) is 15.8. The summed E-state index contributed by atoms with van der Waals surface area (Å²) in [7, 11) is 1.74. The number of nitrogens with zero attached hydrogens (tertiary/aromatic N) is 1. The minimum absolute atomic E-state index is 0.0359. The second-order valence-electron chi connectivity index (χ2n) is 6.18. The summed E-state index contributed by atoms with van der Waals surface area (Å²) < 4.78 is 5.20.